The first-order valence-electron chi connectivity index (χ1n) is 5.49. The molecule has 3 rings (SSSR count). The SMILES string of the molecule is N[C@H]1CC[C@@H](c2nc3ncc(Br)cc3[nH]2)C1. The van der Waals surface area contributed by atoms with E-state index in [1.165, 1.54) is 0 Å². The maximum atomic E-state index is 5.92. The second-order valence-corrected chi connectivity index (χ2v) is 5.33. The largest absolute Gasteiger partial charge is 0.340 e. The van der Waals surface area contributed by atoms with Crippen LogP contribution in [0.4, 0.5) is 0 Å². The number of pyridine rings is 1. The van der Waals surface area contributed by atoms with Gasteiger partial charge in [-0.25, -0.2) is 9.97 Å². The minimum Gasteiger partial charge on any atom is -0.340 e. The molecule has 84 valence electrons. The Kier molecular flexibility index (Phi) is 2.44. The highest BCUT2D eigenvalue weighted by Gasteiger charge is 2.25. The van der Waals surface area contributed by atoms with Crippen LogP contribution in [0.15, 0.2) is 16.7 Å². The minimum absolute atomic E-state index is 0.331. The van der Waals surface area contributed by atoms with Crippen molar-refractivity contribution in [3.63, 3.8) is 0 Å². The third-order valence-electron chi connectivity index (χ3n) is 3.18. The molecule has 1 fully saturated rings. The average Bonchev–Trinajstić information content (AvgIpc) is 2.83. The predicted octanol–water partition coefficient (Wildman–Crippen LogP) is 2.32. The molecular weight excluding hydrogens is 268 g/mol. The topological polar surface area (TPSA) is 67.6 Å². The fourth-order valence-corrected chi connectivity index (χ4v) is 2.68. The van der Waals surface area contributed by atoms with E-state index in [4.69, 9.17) is 5.73 Å². The van der Waals surface area contributed by atoms with Crippen LogP contribution in [-0.4, -0.2) is 21.0 Å². The van der Waals surface area contributed by atoms with Gasteiger partial charge in [-0.05, 0) is 41.3 Å². The summed E-state index contributed by atoms with van der Waals surface area (Å²) in [5.41, 5.74) is 7.70. The van der Waals surface area contributed by atoms with E-state index in [2.05, 4.69) is 30.9 Å². The number of fused-ring (bicyclic) bond motifs is 1. The Balaban J connectivity index is 1.99. The van der Waals surface area contributed by atoms with Crippen LogP contribution in [0.2, 0.25) is 0 Å². The number of nitrogens with two attached hydrogens (primary N) is 1. The number of hydrogen-bond donors (Lipinski definition) is 2. The Labute approximate surface area is 102 Å². The maximum Gasteiger partial charge on any atom is 0.177 e. The Morgan fingerprint density at radius 1 is 1.44 bits per heavy atom. The van der Waals surface area contributed by atoms with Crippen molar-refractivity contribution in [1.82, 2.24) is 15.0 Å². The fraction of sp³-hybridized carbons (Fsp3) is 0.455. The molecule has 4 nitrogen and oxygen atoms in total. The van der Waals surface area contributed by atoms with Crippen molar-refractivity contribution < 1.29 is 0 Å². The molecule has 0 radical (unpaired) electrons. The number of halogens is 1. The van der Waals surface area contributed by atoms with E-state index in [-0.39, 0.29) is 0 Å². The summed E-state index contributed by atoms with van der Waals surface area (Å²) in [5, 5.41) is 0. The number of imidazole rings is 1. The summed E-state index contributed by atoms with van der Waals surface area (Å²) in [5.74, 6) is 1.51. The van der Waals surface area contributed by atoms with Crippen molar-refractivity contribution in [2.24, 2.45) is 5.73 Å². The Bertz CT molecular complexity index is 522. The summed E-state index contributed by atoms with van der Waals surface area (Å²) >= 11 is 3.40. The van der Waals surface area contributed by atoms with Crippen LogP contribution in [0, 0.1) is 0 Å². The van der Waals surface area contributed by atoms with E-state index < -0.39 is 0 Å². The van der Waals surface area contributed by atoms with E-state index in [9.17, 15) is 0 Å². The van der Waals surface area contributed by atoms with Crippen molar-refractivity contribution in [3.8, 4) is 0 Å². The number of rotatable bonds is 1. The molecule has 3 N–H and O–H groups in total. The summed E-state index contributed by atoms with van der Waals surface area (Å²) in [7, 11) is 0. The van der Waals surface area contributed by atoms with Gasteiger partial charge in [-0.3, -0.25) is 0 Å². The molecule has 2 aromatic heterocycles. The highest BCUT2D eigenvalue weighted by atomic mass is 79.9. The zero-order valence-electron chi connectivity index (χ0n) is 8.78. The van der Waals surface area contributed by atoms with Crippen LogP contribution in [0.5, 0.6) is 0 Å². The summed E-state index contributed by atoms with van der Waals surface area (Å²) in [4.78, 5) is 12.1. The first-order valence-corrected chi connectivity index (χ1v) is 6.28. The molecule has 0 aliphatic heterocycles. The number of hydrogen-bond acceptors (Lipinski definition) is 3. The lowest BCUT2D eigenvalue weighted by Crippen LogP contribution is -2.14. The monoisotopic (exact) mass is 280 g/mol. The number of H-pyrrole nitrogens is 1. The molecule has 1 aliphatic rings. The Morgan fingerprint density at radius 3 is 3.06 bits per heavy atom. The summed E-state index contributed by atoms with van der Waals surface area (Å²) in [6.45, 7) is 0. The average molecular weight is 281 g/mol. The van der Waals surface area contributed by atoms with E-state index in [0.717, 1.165) is 40.7 Å². The van der Waals surface area contributed by atoms with Gasteiger partial charge in [0.1, 0.15) is 5.82 Å². The highest BCUT2D eigenvalue weighted by molar-refractivity contribution is 9.10. The number of nitrogens with zero attached hydrogens (tertiary/aromatic N) is 2. The zero-order valence-corrected chi connectivity index (χ0v) is 10.4. The highest BCUT2D eigenvalue weighted by Crippen LogP contribution is 2.32. The van der Waals surface area contributed by atoms with Crippen molar-refractivity contribution >= 4 is 27.1 Å². The third kappa shape index (κ3) is 1.74. The molecule has 16 heavy (non-hydrogen) atoms. The van der Waals surface area contributed by atoms with Crippen molar-refractivity contribution in [1.29, 1.82) is 0 Å². The van der Waals surface area contributed by atoms with Crippen molar-refractivity contribution in [2.75, 3.05) is 0 Å². The summed E-state index contributed by atoms with van der Waals surface area (Å²) in [6.07, 6.45) is 5.02. The quantitative estimate of drug-likeness (QED) is 0.842. The molecule has 0 spiro atoms. The van der Waals surface area contributed by atoms with Crippen LogP contribution in [0.1, 0.15) is 31.0 Å². The lowest BCUT2D eigenvalue weighted by Gasteiger charge is -2.04. The van der Waals surface area contributed by atoms with Crippen LogP contribution in [0.3, 0.4) is 0 Å². The first-order chi connectivity index (χ1) is 7.72. The summed E-state index contributed by atoms with van der Waals surface area (Å²) in [6, 6.07) is 2.34. The normalized spacial score (nSPS) is 25.4. The number of aromatic amines is 1. The molecule has 0 bridgehead atoms. The van der Waals surface area contributed by atoms with E-state index in [1.807, 2.05) is 6.07 Å². The first kappa shape index (κ1) is 10.2. The van der Waals surface area contributed by atoms with E-state index in [0.29, 0.717) is 12.0 Å². The number of nitrogens with one attached hydrogen (secondary N) is 1. The van der Waals surface area contributed by atoms with Gasteiger partial charge < -0.3 is 10.7 Å². The van der Waals surface area contributed by atoms with Crippen molar-refractivity contribution in [3.05, 3.63) is 22.6 Å². The van der Waals surface area contributed by atoms with Gasteiger partial charge in [0.15, 0.2) is 5.65 Å². The molecule has 0 aromatic carbocycles. The van der Waals surface area contributed by atoms with Crippen molar-refractivity contribution in [2.45, 2.75) is 31.2 Å². The van der Waals surface area contributed by atoms with Crippen LogP contribution in [0.25, 0.3) is 11.2 Å². The minimum atomic E-state index is 0.331. The van der Waals surface area contributed by atoms with E-state index >= 15 is 0 Å². The standard InChI is InChI=1S/C11H13BrN4/c12-7-4-9-11(14-5-7)16-10(15-9)6-1-2-8(13)3-6/h4-6,8H,1-3,13H2,(H,14,15,16)/t6-,8+/m1/s1. The molecule has 2 atom stereocenters. The maximum absolute atomic E-state index is 5.92. The fourth-order valence-electron chi connectivity index (χ4n) is 2.35. The van der Waals surface area contributed by atoms with Gasteiger partial charge in [0, 0.05) is 22.6 Å². The predicted molar refractivity (Wildman–Crippen MR) is 66.2 cm³/mol. The van der Waals surface area contributed by atoms with E-state index in [1.54, 1.807) is 6.20 Å². The van der Waals surface area contributed by atoms with Gasteiger partial charge in [-0.1, -0.05) is 0 Å². The summed E-state index contributed by atoms with van der Waals surface area (Å²) < 4.78 is 0.971. The van der Waals surface area contributed by atoms with Gasteiger partial charge in [-0.15, -0.1) is 0 Å². The van der Waals surface area contributed by atoms with Gasteiger partial charge in [-0.2, -0.15) is 0 Å². The van der Waals surface area contributed by atoms with Crippen LogP contribution < -0.4 is 5.73 Å². The smallest absolute Gasteiger partial charge is 0.177 e. The van der Waals surface area contributed by atoms with Crippen LogP contribution in [-0.2, 0) is 0 Å². The third-order valence-corrected chi connectivity index (χ3v) is 3.62. The second kappa shape index (κ2) is 3.82. The van der Waals surface area contributed by atoms with Crippen LogP contribution >= 0.6 is 15.9 Å². The van der Waals surface area contributed by atoms with Gasteiger partial charge in [0.2, 0.25) is 0 Å². The molecule has 1 saturated carbocycles. The number of aromatic nitrogens is 3. The lowest BCUT2D eigenvalue weighted by molar-refractivity contribution is 0.651. The Hall–Kier alpha value is -0.940. The molecule has 2 heterocycles. The molecule has 5 heteroatoms. The molecule has 2 aromatic rings. The molecular formula is C11H13BrN4. The molecule has 0 unspecified atom stereocenters. The zero-order chi connectivity index (χ0) is 11.1. The Morgan fingerprint density at radius 2 is 2.31 bits per heavy atom. The molecule has 0 saturated heterocycles. The van der Waals surface area contributed by atoms with Gasteiger partial charge in [0.05, 0.1) is 5.52 Å². The second-order valence-electron chi connectivity index (χ2n) is 4.42. The molecule has 0 amide bonds. The van der Waals surface area contributed by atoms with Gasteiger partial charge >= 0.3 is 0 Å². The van der Waals surface area contributed by atoms with Gasteiger partial charge in [0.25, 0.3) is 0 Å². The molecule has 1 aliphatic carbocycles. The lowest BCUT2D eigenvalue weighted by atomic mass is 10.1.